The van der Waals surface area contributed by atoms with E-state index in [9.17, 15) is 24.3 Å². The maximum atomic E-state index is 12.3. The Labute approximate surface area is 196 Å². The summed E-state index contributed by atoms with van der Waals surface area (Å²) in [6.45, 7) is 5.04. The lowest BCUT2D eigenvalue weighted by molar-refractivity contribution is -0.141. The monoisotopic (exact) mass is 482 g/mol. The quantitative estimate of drug-likeness (QED) is 0.286. The summed E-state index contributed by atoms with van der Waals surface area (Å²) >= 11 is 1.64. The molecule has 1 aliphatic heterocycles. The van der Waals surface area contributed by atoms with Crippen molar-refractivity contribution in [3.63, 3.8) is 0 Å². The SMILES string of the molecule is CC(C)SCNCC(=O)N[C@@H](Cc1ccc(OC(=O)N2CCN(C(=O)O)CC2)cc1)C(=O)O. The van der Waals surface area contributed by atoms with Gasteiger partial charge in [-0.05, 0) is 17.7 Å². The molecule has 1 atom stereocenters. The Morgan fingerprint density at radius 2 is 1.64 bits per heavy atom. The van der Waals surface area contributed by atoms with Gasteiger partial charge < -0.3 is 30.1 Å². The van der Waals surface area contributed by atoms with Gasteiger partial charge in [-0.25, -0.2) is 14.4 Å². The maximum Gasteiger partial charge on any atom is 0.415 e. The minimum atomic E-state index is -1.14. The van der Waals surface area contributed by atoms with E-state index in [1.54, 1.807) is 36.0 Å². The molecular weight excluding hydrogens is 452 g/mol. The predicted octanol–water partition coefficient (Wildman–Crippen LogP) is 1.28. The highest BCUT2D eigenvalue weighted by atomic mass is 32.2. The number of hydrogen-bond acceptors (Lipinski definition) is 7. The van der Waals surface area contributed by atoms with Crippen LogP contribution in [0.2, 0.25) is 0 Å². The Morgan fingerprint density at radius 1 is 1.03 bits per heavy atom. The second-order valence-corrected chi connectivity index (χ2v) is 9.28. The van der Waals surface area contributed by atoms with Gasteiger partial charge in [0.05, 0.1) is 6.54 Å². The zero-order valence-corrected chi connectivity index (χ0v) is 19.5. The summed E-state index contributed by atoms with van der Waals surface area (Å²) < 4.78 is 5.32. The summed E-state index contributed by atoms with van der Waals surface area (Å²) in [4.78, 5) is 49.5. The lowest BCUT2D eigenvalue weighted by Gasteiger charge is -2.32. The van der Waals surface area contributed by atoms with Crippen molar-refractivity contribution in [1.82, 2.24) is 20.4 Å². The van der Waals surface area contributed by atoms with Crippen molar-refractivity contribution in [1.29, 1.82) is 0 Å². The summed E-state index contributed by atoms with van der Waals surface area (Å²) in [6.07, 6.45) is -1.52. The number of nitrogens with one attached hydrogen (secondary N) is 2. The standard InChI is InChI=1S/C21H30N4O7S/c1-14(2)33-13-22-12-18(26)23-17(19(27)28)11-15-3-5-16(6-4-15)32-21(31)25-9-7-24(8-10-25)20(29)30/h3-6,14,17,22H,7-13H2,1-2H3,(H,23,26)(H,27,28)(H,29,30)/t17-/m0/s1. The largest absolute Gasteiger partial charge is 0.480 e. The summed E-state index contributed by atoms with van der Waals surface area (Å²) in [5.41, 5.74) is 0.654. The van der Waals surface area contributed by atoms with Crippen molar-refractivity contribution in [3.8, 4) is 5.75 Å². The summed E-state index contributed by atoms with van der Waals surface area (Å²) in [5.74, 6) is -0.665. The molecule has 0 aromatic heterocycles. The van der Waals surface area contributed by atoms with Crippen molar-refractivity contribution >= 4 is 35.8 Å². The number of rotatable bonds is 10. The van der Waals surface area contributed by atoms with Crippen LogP contribution in [0, 0.1) is 0 Å². The molecule has 33 heavy (non-hydrogen) atoms. The minimum Gasteiger partial charge on any atom is -0.480 e. The van der Waals surface area contributed by atoms with Crippen LogP contribution in [0.4, 0.5) is 9.59 Å². The smallest absolute Gasteiger partial charge is 0.415 e. The molecule has 1 saturated heterocycles. The van der Waals surface area contributed by atoms with Gasteiger partial charge in [0.25, 0.3) is 0 Å². The molecule has 1 aromatic carbocycles. The van der Waals surface area contributed by atoms with E-state index in [-0.39, 0.29) is 44.9 Å². The van der Waals surface area contributed by atoms with E-state index in [1.807, 2.05) is 13.8 Å². The number of amides is 3. The van der Waals surface area contributed by atoms with E-state index >= 15 is 0 Å². The van der Waals surface area contributed by atoms with Crippen LogP contribution in [0.1, 0.15) is 19.4 Å². The topological polar surface area (TPSA) is 149 Å². The molecule has 1 heterocycles. The van der Waals surface area contributed by atoms with Crippen LogP contribution in [0.25, 0.3) is 0 Å². The van der Waals surface area contributed by atoms with Crippen molar-refractivity contribution < 1.29 is 34.1 Å². The maximum absolute atomic E-state index is 12.3. The van der Waals surface area contributed by atoms with Crippen LogP contribution in [0.15, 0.2) is 24.3 Å². The number of thioether (sulfide) groups is 1. The Hall–Kier alpha value is -2.99. The molecule has 4 N–H and O–H groups in total. The molecular formula is C21H30N4O7S. The first-order valence-corrected chi connectivity index (χ1v) is 11.6. The molecule has 0 saturated carbocycles. The molecule has 2 rings (SSSR count). The molecule has 3 amide bonds. The highest BCUT2D eigenvalue weighted by Crippen LogP contribution is 2.16. The van der Waals surface area contributed by atoms with Crippen LogP contribution in [0.3, 0.4) is 0 Å². The Balaban J connectivity index is 1.82. The van der Waals surface area contributed by atoms with Crippen LogP contribution >= 0.6 is 11.8 Å². The lowest BCUT2D eigenvalue weighted by Crippen LogP contribution is -2.51. The molecule has 1 fully saturated rings. The molecule has 0 unspecified atom stereocenters. The fourth-order valence-corrected chi connectivity index (χ4v) is 3.56. The van der Waals surface area contributed by atoms with Gasteiger partial charge in [-0.1, -0.05) is 26.0 Å². The lowest BCUT2D eigenvalue weighted by atomic mass is 10.1. The summed E-state index contributed by atoms with van der Waals surface area (Å²) in [7, 11) is 0. The van der Waals surface area contributed by atoms with Crippen molar-refractivity contribution in [2.24, 2.45) is 0 Å². The van der Waals surface area contributed by atoms with E-state index in [0.29, 0.717) is 16.7 Å². The second kappa shape index (κ2) is 12.9. The van der Waals surface area contributed by atoms with Gasteiger partial charge in [0, 0.05) is 43.7 Å². The van der Waals surface area contributed by atoms with Crippen molar-refractivity contribution in [2.45, 2.75) is 31.6 Å². The summed E-state index contributed by atoms with van der Waals surface area (Å²) in [5, 5.41) is 24.3. The third-order valence-electron chi connectivity index (χ3n) is 4.81. The molecule has 12 heteroatoms. The number of aliphatic carboxylic acids is 1. The van der Waals surface area contributed by atoms with Gasteiger partial charge >= 0.3 is 18.2 Å². The Kier molecular flexibility index (Phi) is 10.3. The molecule has 11 nitrogen and oxygen atoms in total. The number of piperazine rings is 1. The van der Waals surface area contributed by atoms with E-state index < -0.39 is 30.1 Å². The fourth-order valence-electron chi connectivity index (χ4n) is 3.01. The average molecular weight is 483 g/mol. The molecule has 1 aliphatic rings. The first-order valence-electron chi connectivity index (χ1n) is 10.5. The van der Waals surface area contributed by atoms with E-state index in [1.165, 1.54) is 9.80 Å². The first-order chi connectivity index (χ1) is 15.7. The van der Waals surface area contributed by atoms with Crippen LogP contribution in [-0.4, -0.2) is 94.0 Å². The number of nitrogens with zero attached hydrogens (tertiary/aromatic N) is 2. The summed E-state index contributed by atoms with van der Waals surface area (Å²) in [6, 6.07) is 5.27. The van der Waals surface area contributed by atoms with Crippen molar-refractivity contribution in [3.05, 3.63) is 29.8 Å². The van der Waals surface area contributed by atoms with Gasteiger partial charge in [-0.15, -0.1) is 11.8 Å². The average Bonchev–Trinajstić information content (AvgIpc) is 2.77. The normalized spacial score (nSPS) is 14.6. The number of carbonyl (C=O) groups is 4. The predicted molar refractivity (Wildman–Crippen MR) is 123 cm³/mol. The highest BCUT2D eigenvalue weighted by molar-refractivity contribution is 7.99. The van der Waals surface area contributed by atoms with E-state index in [2.05, 4.69) is 10.6 Å². The number of benzene rings is 1. The third-order valence-corrected chi connectivity index (χ3v) is 5.85. The van der Waals surface area contributed by atoms with E-state index in [4.69, 9.17) is 9.84 Å². The number of ether oxygens (including phenoxy) is 1. The van der Waals surface area contributed by atoms with Gasteiger partial charge in [0.2, 0.25) is 5.91 Å². The van der Waals surface area contributed by atoms with E-state index in [0.717, 1.165) is 0 Å². The zero-order valence-electron chi connectivity index (χ0n) is 18.7. The van der Waals surface area contributed by atoms with Gasteiger partial charge in [-0.2, -0.15) is 0 Å². The number of carboxylic acids is 1. The zero-order chi connectivity index (χ0) is 24.4. The van der Waals surface area contributed by atoms with Gasteiger partial charge in [-0.3, -0.25) is 10.1 Å². The number of hydrogen-bond donors (Lipinski definition) is 4. The first kappa shape index (κ1) is 26.3. The van der Waals surface area contributed by atoms with Crippen LogP contribution < -0.4 is 15.4 Å². The molecule has 0 bridgehead atoms. The Bertz CT molecular complexity index is 826. The van der Waals surface area contributed by atoms with Gasteiger partial charge in [0.15, 0.2) is 0 Å². The minimum absolute atomic E-state index is 0.0269. The molecule has 0 radical (unpaired) electrons. The molecule has 0 aliphatic carbocycles. The number of carboxylic acid groups (broad SMARTS) is 2. The molecule has 182 valence electrons. The Morgan fingerprint density at radius 3 is 2.18 bits per heavy atom. The molecule has 0 spiro atoms. The van der Waals surface area contributed by atoms with Crippen molar-refractivity contribution in [2.75, 3.05) is 38.6 Å². The fraction of sp³-hybridized carbons (Fsp3) is 0.524. The second-order valence-electron chi connectivity index (χ2n) is 7.72. The highest BCUT2D eigenvalue weighted by Gasteiger charge is 2.25. The third kappa shape index (κ3) is 9.18. The van der Waals surface area contributed by atoms with Gasteiger partial charge in [0.1, 0.15) is 11.8 Å². The molecule has 1 aromatic rings. The van der Waals surface area contributed by atoms with Crippen LogP contribution in [-0.2, 0) is 16.0 Å². The number of carbonyl (C=O) groups excluding carboxylic acids is 2. The van der Waals surface area contributed by atoms with Crippen LogP contribution in [0.5, 0.6) is 5.75 Å².